The highest BCUT2D eigenvalue weighted by Crippen LogP contribution is 2.16. The van der Waals surface area contributed by atoms with Crippen LogP contribution >= 0.6 is 0 Å². The van der Waals surface area contributed by atoms with Gasteiger partial charge in [-0.25, -0.2) is 4.98 Å². The number of hydrogen-bond acceptors (Lipinski definition) is 5. The van der Waals surface area contributed by atoms with Crippen molar-refractivity contribution in [1.29, 1.82) is 0 Å². The van der Waals surface area contributed by atoms with Crippen molar-refractivity contribution in [2.24, 2.45) is 0 Å². The maximum absolute atomic E-state index is 5.76. The molecule has 0 radical (unpaired) electrons. The Bertz CT molecular complexity index is 753. The summed E-state index contributed by atoms with van der Waals surface area (Å²) in [6, 6.07) is 9.92. The van der Waals surface area contributed by atoms with Crippen LogP contribution in [0.25, 0.3) is 5.78 Å². The molecular weight excluding hydrogens is 266 g/mol. The molecule has 2 heterocycles. The van der Waals surface area contributed by atoms with E-state index in [4.69, 9.17) is 4.74 Å². The maximum atomic E-state index is 5.76. The fourth-order valence-corrected chi connectivity index (χ4v) is 2.11. The average Bonchev–Trinajstić information content (AvgIpc) is 2.93. The summed E-state index contributed by atoms with van der Waals surface area (Å²) < 4.78 is 7.44. The van der Waals surface area contributed by atoms with Crippen LogP contribution in [-0.4, -0.2) is 32.7 Å². The van der Waals surface area contributed by atoms with Crippen LogP contribution in [0, 0.1) is 13.8 Å². The Kier molecular flexibility index (Phi) is 3.68. The smallest absolute Gasteiger partial charge is 0.254 e. The number of para-hydroxylation sites is 1. The fourth-order valence-electron chi connectivity index (χ4n) is 2.11. The van der Waals surface area contributed by atoms with Crippen LogP contribution in [-0.2, 0) is 0 Å². The van der Waals surface area contributed by atoms with Crippen LogP contribution in [0.15, 0.2) is 36.7 Å². The number of fused-ring (bicyclic) bond motifs is 1. The van der Waals surface area contributed by atoms with Gasteiger partial charge in [-0.15, -0.1) is 0 Å². The second-order valence-corrected chi connectivity index (χ2v) is 4.80. The number of aryl methyl sites for hydroxylation is 2. The Morgan fingerprint density at radius 2 is 2.10 bits per heavy atom. The van der Waals surface area contributed by atoms with Gasteiger partial charge in [-0.05, 0) is 25.5 Å². The number of ether oxygens (including phenoxy) is 1. The number of hydrogen-bond donors (Lipinski definition) is 1. The van der Waals surface area contributed by atoms with E-state index in [0.29, 0.717) is 18.9 Å². The van der Waals surface area contributed by atoms with Gasteiger partial charge < -0.3 is 10.1 Å². The van der Waals surface area contributed by atoms with E-state index in [9.17, 15) is 0 Å². The average molecular weight is 283 g/mol. The highest BCUT2D eigenvalue weighted by molar-refractivity contribution is 5.44. The third-order valence-corrected chi connectivity index (χ3v) is 3.14. The van der Waals surface area contributed by atoms with Crippen LogP contribution in [0.5, 0.6) is 5.75 Å². The van der Waals surface area contributed by atoms with Gasteiger partial charge in [0.15, 0.2) is 0 Å². The lowest BCUT2D eigenvalue weighted by Crippen LogP contribution is -2.14. The Balaban J connectivity index is 1.62. The van der Waals surface area contributed by atoms with Crippen LogP contribution in [0.3, 0.4) is 0 Å². The normalized spacial score (nSPS) is 10.8. The van der Waals surface area contributed by atoms with Crippen molar-refractivity contribution < 1.29 is 4.74 Å². The van der Waals surface area contributed by atoms with Gasteiger partial charge >= 0.3 is 0 Å². The second kappa shape index (κ2) is 5.78. The molecule has 2 aromatic heterocycles. The molecular formula is C15H17N5O. The maximum Gasteiger partial charge on any atom is 0.254 e. The van der Waals surface area contributed by atoms with E-state index < -0.39 is 0 Å². The van der Waals surface area contributed by atoms with E-state index in [1.54, 1.807) is 4.52 Å². The summed E-state index contributed by atoms with van der Waals surface area (Å²) in [4.78, 5) is 8.40. The first-order chi connectivity index (χ1) is 10.2. The van der Waals surface area contributed by atoms with Crippen molar-refractivity contribution in [2.75, 3.05) is 18.5 Å². The van der Waals surface area contributed by atoms with Gasteiger partial charge in [0.05, 0.1) is 6.54 Å². The predicted octanol–water partition coefficient (Wildman–Crippen LogP) is 2.23. The largest absolute Gasteiger partial charge is 0.491 e. The number of nitrogens with zero attached hydrogens (tertiary/aromatic N) is 4. The molecule has 0 bridgehead atoms. The molecule has 0 aliphatic carbocycles. The van der Waals surface area contributed by atoms with Gasteiger partial charge in [0.2, 0.25) is 0 Å². The topological polar surface area (TPSA) is 64.3 Å². The van der Waals surface area contributed by atoms with E-state index in [2.05, 4.69) is 20.4 Å². The zero-order valence-corrected chi connectivity index (χ0v) is 12.1. The standard InChI is InChI=1S/C15H17N5O/c1-11-5-3-4-6-13(11)21-8-7-16-14-9-12(2)19-15-17-10-18-20(14)15/h3-6,9-10,16H,7-8H2,1-2H3. The lowest BCUT2D eigenvalue weighted by molar-refractivity contribution is 0.330. The first-order valence-electron chi connectivity index (χ1n) is 6.84. The summed E-state index contributed by atoms with van der Waals surface area (Å²) in [7, 11) is 0. The van der Waals surface area contributed by atoms with Crippen LogP contribution in [0.4, 0.5) is 5.82 Å². The summed E-state index contributed by atoms with van der Waals surface area (Å²) >= 11 is 0. The van der Waals surface area contributed by atoms with Crippen molar-refractivity contribution in [2.45, 2.75) is 13.8 Å². The zero-order valence-electron chi connectivity index (χ0n) is 12.1. The fraction of sp³-hybridized carbons (Fsp3) is 0.267. The molecule has 108 valence electrons. The zero-order chi connectivity index (χ0) is 14.7. The first-order valence-corrected chi connectivity index (χ1v) is 6.84. The molecule has 0 aliphatic rings. The lowest BCUT2D eigenvalue weighted by Gasteiger charge is -2.11. The molecule has 0 saturated carbocycles. The number of aromatic nitrogens is 4. The summed E-state index contributed by atoms with van der Waals surface area (Å²) in [5.74, 6) is 2.37. The van der Waals surface area contributed by atoms with Crippen molar-refractivity contribution in [1.82, 2.24) is 19.6 Å². The van der Waals surface area contributed by atoms with Crippen LogP contribution in [0.2, 0.25) is 0 Å². The summed E-state index contributed by atoms with van der Waals surface area (Å²) in [5.41, 5.74) is 2.04. The molecule has 21 heavy (non-hydrogen) atoms. The Morgan fingerprint density at radius 3 is 2.95 bits per heavy atom. The molecule has 3 rings (SSSR count). The molecule has 3 aromatic rings. The molecule has 6 nitrogen and oxygen atoms in total. The van der Waals surface area contributed by atoms with Crippen molar-refractivity contribution in [3.8, 4) is 5.75 Å². The minimum atomic E-state index is 0.572. The lowest BCUT2D eigenvalue weighted by atomic mass is 10.2. The molecule has 0 aliphatic heterocycles. The number of benzene rings is 1. The van der Waals surface area contributed by atoms with E-state index in [1.807, 2.05) is 44.2 Å². The summed E-state index contributed by atoms with van der Waals surface area (Å²) in [6.07, 6.45) is 1.50. The molecule has 0 atom stereocenters. The predicted molar refractivity (Wildman–Crippen MR) is 80.7 cm³/mol. The van der Waals surface area contributed by atoms with E-state index in [1.165, 1.54) is 6.33 Å². The van der Waals surface area contributed by atoms with Gasteiger partial charge in [-0.2, -0.15) is 14.6 Å². The SMILES string of the molecule is Cc1cc(NCCOc2ccccc2C)n2ncnc2n1. The molecule has 1 N–H and O–H groups in total. The highest BCUT2D eigenvalue weighted by Gasteiger charge is 2.05. The van der Waals surface area contributed by atoms with E-state index in [-0.39, 0.29) is 0 Å². The third-order valence-electron chi connectivity index (χ3n) is 3.14. The Labute approximate surface area is 122 Å². The highest BCUT2D eigenvalue weighted by atomic mass is 16.5. The molecule has 0 saturated heterocycles. The van der Waals surface area contributed by atoms with Gasteiger partial charge in [0, 0.05) is 11.8 Å². The number of anilines is 1. The van der Waals surface area contributed by atoms with E-state index in [0.717, 1.165) is 22.8 Å². The van der Waals surface area contributed by atoms with E-state index >= 15 is 0 Å². The monoisotopic (exact) mass is 283 g/mol. The van der Waals surface area contributed by atoms with Crippen LogP contribution < -0.4 is 10.1 Å². The molecule has 0 fully saturated rings. The molecule has 0 spiro atoms. The molecule has 0 unspecified atom stereocenters. The number of nitrogens with one attached hydrogen (secondary N) is 1. The second-order valence-electron chi connectivity index (χ2n) is 4.80. The van der Waals surface area contributed by atoms with Crippen molar-refractivity contribution in [3.05, 3.63) is 47.9 Å². The Hall–Kier alpha value is -2.63. The summed E-state index contributed by atoms with van der Waals surface area (Å²) in [6.45, 7) is 5.22. The number of rotatable bonds is 5. The molecule has 6 heteroatoms. The quantitative estimate of drug-likeness (QED) is 0.727. The minimum Gasteiger partial charge on any atom is -0.491 e. The van der Waals surface area contributed by atoms with Crippen LogP contribution in [0.1, 0.15) is 11.3 Å². The summed E-state index contributed by atoms with van der Waals surface area (Å²) in [5, 5.41) is 7.45. The first kappa shape index (κ1) is 13.4. The van der Waals surface area contributed by atoms with Gasteiger partial charge in [-0.1, -0.05) is 18.2 Å². The van der Waals surface area contributed by atoms with Gasteiger partial charge in [-0.3, -0.25) is 0 Å². The molecule has 1 aromatic carbocycles. The minimum absolute atomic E-state index is 0.572. The van der Waals surface area contributed by atoms with Crippen molar-refractivity contribution >= 4 is 11.6 Å². The third kappa shape index (κ3) is 2.94. The van der Waals surface area contributed by atoms with Crippen molar-refractivity contribution in [3.63, 3.8) is 0 Å². The Morgan fingerprint density at radius 1 is 1.24 bits per heavy atom. The molecule has 0 amide bonds. The van der Waals surface area contributed by atoms with Gasteiger partial charge in [0.25, 0.3) is 5.78 Å². The van der Waals surface area contributed by atoms with Gasteiger partial charge in [0.1, 0.15) is 24.5 Å².